The first-order valence-corrected chi connectivity index (χ1v) is 13.8. The number of hydrogen-bond donors (Lipinski definition) is 2. The second-order valence-corrected chi connectivity index (χ2v) is 10.5. The fourth-order valence-electron chi connectivity index (χ4n) is 5.49. The van der Waals surface area contributed by atoms with Crippen LogP contribution in [0.1, 0.15) is 31.2 Å². The lowest BCUT2D eigenvalue weighted by Gasteiger charge is -2.43. The third kappa shape index (κ3) is 5.91. The quantitative estimate of drug-likeness (QED) is 0.465. The van der Waals surface area contributed by atoms with Gasteiger partial charge in [-0.15, -0.1) is 0 Å². The van der Waals surface area contributed by atoms with E-state index in [2.05, 4.69) is 85.6 Å². The summed E-state index contributed by atoms with van der Waals surface area (Å²) >= 11 is 6.39. The van der Waals surface area contributed by atoms with E-state index in [4.69, 9.17) is 17.3 Å². The molecule has 7 nitrogen and oxygen atoms in total. The highest BCUT2D eigenvalue weighted by atomic mass is 35.5. The van der Waals surface area contributed by atoms with Crippen LogP contribution in [0.3, 0.4) is 0 Å². The second kappa shape index (κ2) is 11.8. The Bertz CT molecular complexity index is 1190. The number of benzene rings is 2. The van der Waals surface area contributed by atoms with Crippen LogP contribution < -0.4 is 16.0 Å². The van der Waals surface area contributed by atoms with Crippen molar-refractivity contribution in [1.29, 1.82) is 0 Å². The van der Waals surface area contributed by atoms with Gasteiger partial charge in [0, 0.05) is 68.8 Å². The van der Waals surface area contributed by atoms with Gasteiger partial charge in [-0.2, -0.15) is 0 Å². The highest BCUT2D eigenvalue weighted by Gasteiger charge is 2.27. The predicted octanol–water partition coefficient (Wildman–Crippen LogP) is 4.78. The number of hydrogen-bond acceptors (Lipinski definition) is 7. The Morgan fingerprint density at radius 2 is 1.68 bits per heavy atom. The molecule has 3 N–H and O–H groups in total. The Balaban J connectivity index is 1.39. The number of piperazine rings is 1. The molecule has 0 aliphatic carbocycles. The van der Waals surface area contributed by atoms with E-state index in [0.29, 0.717) is 23.6 Å². The summed E-state index contributed by atoms with van der Waals surface area (Å²) in [5.74, 6) is 0.615. The van der Waals surface area contributed by atoms with Gasteiger partial charge in [-0.1, -0.05) is 48.9 Å². The third-order valence-electron chi connectivity index (χ3n) is 7.72. The molecule has 1 aromatic heterocycles. The van der Waals surface area contributed by atoms with Crippen molar-refractivity contribution in [3.63, 3.8) is 0 Å². The second-order valence-electron chi connectivity index (χ2n) is 10.1. The largest absolute Gasteiger partial charge is 0.371 e. The van der Waals surface area contributed by atoms with Crippen LogP contribution in [0.5, 0.6) is 0 Å². The van der Waals surface area contributed by atoms with E-state index in [1.165, 1.54) is 55.8 Å². The Hall–Kier alpha value is -2.71. The molecule has 3 aromatic rings. The van der Waals surface area contributed by atoms with E-state index >= 15 is 0 Å². The molecule has 0 bridgehead atoms. The molecule has 0 saturated carbocycles. The molecule has 2 saturated heterocycles. The molecule has 0 unspecified atom stereocenters. The van der Waals surface area contributed by atoms with Crippen LogP contribution in [0.4, 0.5) is 17.2 Å². The van der Waals surface area contributed by atoms with Crippen LogP contribution >= 0.6 is 11.6 Å². The fourth-order valence-corrected chi connectivity index (χ4v) is 5.75. The highest BCUT2D eigenvalue weighted by molar-refractivity contribution is 6.30. The zero-order valence-corrected chi connectivity index (χ0v) is 22.7. The Morgan fingerprint density at radius 1 is 0.946 bits per heavy atom. The first-order valence-electron chi connectivity index (χ1n) is 13.4. The molecule has 0 amide bonds. The number of likely N-dealkylation sites (N-methyl/N-ethyl adjacent to an activating group) is 1. The monoisotopic (exact) mass is 519 g/mol. The number of aromatic nitrogens is 2. The van der Waals surface area contributed by atoms with Gasteiger partial charge in [0.05, 0.1) is 11.4 Å². The highest BCUT2D eigenvalue weighted by Crippen LogP contribution is 2.36. The molecule has 2 aromatic carbocycles. The van der Waals surface area contributed by atoms with Crippen LogP contribution in [0.15, 0.2) is 48.5 Å². The van der Waals surface area contributed by atoms with Crippen molar-refractivity contribution in [3.05, 3.63) is 65.1 Å². The molecule has 3 heterocycles. The third-order valence-corrected chi connectivity index (χ3v) is 8.03. The van der Waals surface area contributed by atoms with E-state index in [9.17, 15) is 0 Å². The minimum atomic E-state index is 0.297. The van der Waals surface area contributed by atoms with Crippen molar-refractivity contribution in [2.24, 2.45) is 5.73 Å². The topological polar surface area (TPSA) is 73.6 Å². The van der Waals surface area contributed by atoms with Gasteiger partial charge in [0.15, 0.2) is 11.0 Å². The molecule has 196 valence electrons. The maximum absolute atomic E-state index is 6.39. The van der Waals surface area contributed by atoms with E-state index in [1.807, 2.05) is 6.92 Å². The lowest BCUT2D eigenvalue weighted by atomic mass is 9.98. The van der Waals surface area contributed by atoms with Gasteiger partial charge in [0.1, 0.15) is 0 Å². The number of nitrogens with one attached hydrogen (secondary N) is 1. The van der Waals surface area contributed by atoms with Crippen LogP contribution in [-0.2, 0) is 13.0 Å². The zero-order valence-electron chi connectivity index (χ0n) is 22.0. The molecule has 8 heteroatoms. The average molecular weight is 520 g/mol. The summed E-state index contributed by atoms with van der Waals surface area (Å²) in [7, 11) is 2.22. The van der Waals surface area contributed by atoms with Crippen LogP contribution in [0.2, 0.25) is 5.15 Å². The zero-order chi connectivity index (χ0) is 25.8. The minimum Gasteiger partial charge on any atom is -0.371 e. The van der Waals surface area contributed by atoms with Gasteiger partial charge < -0.3 is 20.9 Å². The van der Waals surface area contributed by atoms with E-state index in [-0.39, 0.29) is 0 Å². The smallest absolute Gasteiger partial charge is 0.155 e. The molecule has 5 rings (SSSR count). The van der Waals surface area contributed by atoms with Crippen molar-refractivity contribution >= 4 is 28.8 Å². The predicted molar refractivity (Wildman–Crippen MR) is 154 cm³/mol. The summed E-state index contributed by atoms with van der Waals surface area (Å²) in [6.45, 7) is 9.18. The maximum Gasteiger partial charge on any atom is 0.155 e. The molecule has 2 fully saturated rings. The molecule has 2 aliphatic heterocycles. The number of nitrogens with two attached hydrogens (primary N) is 1. The van der Waals surface area contributed by atoms with Gasteiger partial charge in [0.2, 0.25) is 0 Å². The van der Waals surface area contributed by atoms with E-state index in [0.717, 1.165) is 36.6 Å². The van der Waals surface area contributed by atoms with Crippen LogP contribution in [-0.4, -0.2) is 72.1 Å². The van der Waals surface area contributed by atoms with Crippen molar-refractivity contribution in [1.82, 2.24) is 19.8 Å². The van der Waals surface area contributed by atoms with E-state index in [1.54, 1.807) is 0 Å². The molecular weight excluding hydrogens is 482 g/mol. The lowest BCUT2D eigenvalue weighted by Crippen LogP contribution is -2.52. The van der Waals surface area contributed by atoms with Gasteiger partial charge in [-0.3, -0.25) is 4.90 Å². The summed E-state index contributed by atoms with van der Waals surface area (Å²) in [5.41, 5.74) is 12.1. The SMILES string of the molecule is CCc1nc(CN)c(Nc2ccc(N3CCC(N4CCN(C)CC4)CC3)c(-c3ccccc3)c2)nc1Cl. The Labute approximate surface area is 225 Å². The van der Waals surface area contributed by atoms with E-state index < -0.39 is 0 Å². The van der Waals surface area contributed by atoms with Crippen LogP contribution in [0, 0.1) is 0 Å². The molecule has 37 heavy (non-hydrogen) atoms. The summed E-state index contributed by atoms with van der Waals surface area (Å²) in [6, 6.07) is 17.9. The van der Waals surface area contributed by atoms with Crippen molar-refractivity contribution in [3.8, 4) is 11.1 Å². The summed E-state index contributed by atoms with van der Waals surface area (Å²) in [6.07, 6.45) is 3.13. The average Bonchev–Trinajstić information content (AvgIpc) is 2.94. The first kappa shape index (κ1) is 25.9. The van der Waals surface area contributed by atoms with Crippen LogP contribution in [0.25, 0.3) is 11.1 Å². The van der Waals surface area contributed by atoms with Crippen molar-refractivity contribution < 1.29 is 0 Å². The molecular formula is C29H38ClN7. The maximum atomic E-state index is 6.39. The summed E-state index contributed by atoms with van der Waals surface area (Å²) in [5, 5.41) is 3.86. The Kier molecular flexibility index (Phi) is 8.25. The number of rotatable bonds is 7. The number of nitrogens with zero attached hydrogens (tertiary/aromatic N) is 5. The standard InChI is InChI=1S/C29H38ClN7/c1-3-25-28(30)34-29(26(20-31)33-25)32-22-9-10-27(24(19-22)21-7-5-4-6-8-21)37-13-11-23(12-14-37)36-17-15-35(2)16-18-36/h4-10,19,23H,3,11-18,20,31H2,1-2H3,(H,32,34). The molecule has 0 atom stereocenters. The van der Waals surface area contributed by atoms with Gasteiger partial charge in [0.25, 0.3) is 0 Å². The van der Waals surface area contributed by atoms with Crippen molar-refractivity contribution in [2.75, 3.05) is 56.5 Å². The first-order chi connectivity index (χ1) is 18.1. The summed E-state index contributed by atoms with van der Waals surface area (Å²) < 4.78 is 0. The number of piperidine rings is 1. The number of aryl methyl sites for hydroxylation is 1. The molecule has 0 radical (unpaired) electrons. The Morgan fingerprint density at radius 3 is 2.35 bits per heavy atom. The van der Waals surface area contributed by atoms with Crippen molar-refractivity contribution in [2.45, 2.75) is 38.8 Å². The lowest BCUT2D eigenvalue weighted by molar-refractivity contribution is 0.0982. The van der Waals surface area contributed by atoms with Gasteiger partial charge in [-0.05, 0) is 50.1 Å². The van der Waals surface area contributed by atoms with Gasteiger partial charge in [-0.25, -0.2) is 9.97 Å². The fraction of sp³-hybridized carbons (Fsp3) is 0.448. The molecule has 2 aliphatic rings. The normalized spacial score (nSPS) is 17.8. The summed E-state index contributed by atoms with van der Waals surface area (Å²) in [4.78, 5) is 16.9. The minimum absolute atomic E-state index is 0.297. The number of halogens is 1. The number of anilines is 3. The van der Waals surface area contributed by atoms with Gasteiger partial charge >= 0.3 is 0 Å². The molecule has 0 spiro atoms.